The third-order valence-corrected chi connectivity index (χ3v) is 9.42. The van der Waals surface area contributed by atoms with Gasteiger partial charge in [-0.2, -0.15) is 0 Å². The van der Waals surface area contributed by atoms with Gasteiger partial charge in [0, 0.05) is 27.9 Å². The predicted octanol–water partition coefficient (Wildman–Crippen LogP) is 5.60. The van der Waals surface area contributed by atoms with Gasteiger partial charge in [0.25, 0.3) is 0 Å². The highest BCUT2D eigenvalue weighted by atomic mass is 31.2. The zero-order chi connectivity index (χ0) is 24.7. The maximum absolute atomic E-state index is 12.8. The first-order valence-corrected chi connectivity index (χ1v) is 14.5. The summed E-state index contributed by atoms with van der Waals surface area (Å²) in [7, 11) is -2.81. The molecule has 0 unspecified atom stereocenters. The Morgan fingerprint density at radius 1 is 0.824 bits per heavy atom. The number of hydrogen-bond acceptors (Lipinski definition) is 4. The van der Waals surface area contributed by atoms with Gasteiger partial charge in [-0.3, -0.25) is 4.98 Å². The Labute approximate surface area is 203 Å². The zero-order valence-electron chi connectivity index (χ0n) is 21.4. The summed E-state index contributed by atoms with van der Waals surface area (Å²) in [6.07, 6.45) is 1.82. The van der Waals surface area contributed by atoms with E-state index in [0.29, 0.717) is 0 Å². The Kier molecular flexibility index (Phi) is 5.12. The number of pyridine rings is 1. The highest BCUT2D eigenvalue weighted by molar-refractivity contribution is 7.70. The van der Waals surface area contributed by atoms with Gasteiger partial charge >= 0.3 is 7.12 Å². The van der Waals surface area contributed by atoms with Crippen molar-refractivity contribution in [3.63, 3.8) is 0 Å². The van der Waals surface area contributed by atoms with Crippen LogP contribution in [0.15, 0.2) is 54.7 Å². The van der Waals surface area contributed by atoms with E-state index in [2.05, 4.69) is 71.9 Å². The fourth-order valence-corrected chi connectivity index (χ4v) is 5.90. The second-order valence-electron chi connectivity index (χ2n) is 11.5. The van der Waals surface area contributed by atoms with Crippen molar-refractivity contribution in [3.05, 3.63) is 65.9 Å². The minimum absolute atomic E-state index is 0.203. The molecule has 3 aromatic rings. The molecule has 2 aromatic carbocycles. The standard InChI is InChI=1S/C28H33BNO3P/c1-26(2)22-16-18(11-13-20(22)21-14-12-19(17-23(21)26)34(7,8)31)25-24(10-9-15-30-25)29-32-27(3,4)28(5,6)33-29/h9-17H,1-8H3. The van der Waals surface area contributed by atoms with E-state index in [1.807, 2.05) is 37.7 Å². The molecule has 0 bridgehead atoms. The molecule has 0 amide bonds. The van der Waals surface area contributed by atoms with E-state index in [9.17, 15) is 4.57 Å². The fraction of sp³-hybridized carbons (Fsp3) is 0.393. The summed E-state index contributed by atoms with van der Waals surface area (Å²) in [5.41, 5.74) is 6.76. The van der Waals surface area contributed by atoms with E-state index < -0.39 is 25.5 Å². The van der Waals surface area contributed by atoms with Crippen LogP contribution in [0.4, 0.5) is 0 Å². The number of hydrogen-bond donors (Lipinski definition) is 0. The van der Waals surface area contributed by atoms with Gasteiger partial charge in [0.1, 0.15) is 7.14 Å². The van der Waals surface area contributed by atoms with Crippen LogP contribution in [0.1, 0.15) is 52.7 Å². The molecule has 5 rings (SSSR count). The van der Waals surface area contributed by atoms with E-state index in [1.54, 1.807) is 0 Å². The average Bonchev–Trinajstić information content (AvgIpc) is 3.12. The molecule has 0 spiro atoms. The molecule has 0 N–H and O–H groups in total. The van der Waals surface area contributed by atoms with Crippen LogP contribution in [-0.4, -0.2) is 36.6 Å². The van der Waals surface area contributed by atoms with Crippen molar-refractivity contribution < 1.29 is 13.9 Å². The Hall–Kier alpha value is -2.20. The van der Waals surface area contributed by atoms with Gasteiger partial charge in [-0.1, -0.05) is 44.2 Å². The minimum atomic E-state index is -2.34. The van der Waals surface area contributed by atoms with Crippen molar-refractivity contribution in [2.45, 2.75) is 58.2 Å². The SMILES string of the molecule is CC1(C)c2cc(-c3ncccc3B3OC(C)(C)C(C)(C)O3)ccc2-c2ccc(P(C)(C)=O)cc21. The minimum Gasteiger partial charge on any atom is -0.399 e. The highest BCUT2D eigenvalue weighted by Crippen LogP contribution is 2.50. The lowest BCUT2D eigenvalue weighted by molar-refractivity contribution is 0.00578. The van der Waals surface area contributed by atoms with Gasteiger partial charge in [-0.05, 0) is 81.5 Å². The summed E-state index contributed by atoms with van der Waals surface area (Å²) in [5, 5.41) is 0.931. The molecule has 1 saturated heterocycles. The maximum Gasteiger partial charge on any atom is 0.497 e. The van der Waals surface area contributed by atoms with Crippen molar-refractivity contribution in [2.24, 2.45) is 0 Å². The summed E-state index contributed by atoms with van der Waals surface area (Å²) in [6, 6.07) is 16.9. The average molecular weight is 473 g/mol. The van der Waals surface area contributed by atoms with E-state index in [4.69, 9.17) is 14.3 Å². The molecule has 2 aliphatic rings. The lowest BCUT2D eigenvalue weighted by Crippen LogP contribution is -2.41. The lowest BCUT2D eigenvalue weighted by Gasteiger charge is -2.32. The number of fused-ring (bicyclic) bond motifs is 3. The van der Waals surface area contributed by atoms with Crippen molar-refractivity contribution in [3.8, 4) is 22.4 Å². The van der Waals surface area contributed by atoms with Crippen molar-refractivity contribution in [1.82, 2.24) is 4.98 Å². The van der Waals surface area contributed by atoms with Crippen LogP contribution in [0.5, 0.6) is 0 Å². The molecule has 6 heteroatoms. The van der Waals surface area contributed by atoms with Crippen LogP contribution in [0.25, 0.3) is 22.4 Å². The molecule has 0 radical (unpaired) electrons. The summed E-state index contributed by atoms with van der Waals surface area (Å²) >= 11 is 0. The molecule has 4 nitrogen and oxygen atoms in total. The van der Waals surface area contributed by atoms with Crippen LogP contribution < -0.4 is 10.8 Å². The second-order valence-corrected chi connectivity index (χ2v) is 14.7. The zero-order valence-corrected chi connectivity index (χ0v) is 22.3. The Balaban J connectivity index is 1.60. The second kappa shape index (κ2) is 7.40. The molecule has 1 aliphatic carbocycles. The van der Waals surface area contributed by atoms with Crippen molar-refractivity contribution in [1.29, 1.82) is 0 Å². The Morgan fingerprint density at radius 2 is 1.41 bits per heavy atom. The predicted molar refractivity (Wildman–Crippen MR) is 142 cm³/mol. The largest absolute Gasteiger partial charge is 0.497 e. The van der Waals surface area contributed by atoms with Crippen LogP contribution >= 0.6 is 7.14 Å². The number of aromatic nitrogens is 1. The van der Waals surface area contributed by atoms with Gasteiger partial charge in [-0.25, -0.2) is 0 Å². The highest BCUT2D eigenvalue weighted by Gasteiger charge is 2.52. The summed E-state index contributed by atoms with van der Waals surface area (Å²) < 4.78 is 25.5. The van der Waals surface area contributed by atoms with E-state index >= 15 is 0 Å². The Morgan fingerprint density at radius 3 is 2.03 bits per heavy atom. The first-order valence-electron chi connectivity index (χ1n) is 11.9. The third-order valence-electron chi connectivity index (χ3n) is 7.90. The third kappa shape index (κ3) is 3.52. The van der Waals surface area contributed by atoms with Crippen molar-refractivity contribution in [2.75, 3.05) is 13.3 Å². The van der Waals surface area contributed by atoms with Crippen LogP contribution in [0.2, 0.25) is 0 Å². The van der Waals surface area contributed by atoms with Gasteiger partial charge in [-0.15, -0.1) is 0 Å². The topological polar surface area (TPSA) is 48.4 Å². The summed E-state index contributed by atoms with van der Waals surface area (Å²) in [5.74, 6) is 0. The molecule has 2 heterocycles. The number of rotatable bonds is 3. The first-order chi connectivity index (χ1) is 15.7. The van der Waals surface area contributed by atoms with Crippen LogP contribution in [0.3, 0.4) is 0 Å². The number of benzene rings is 2. The van der Waals surface area contributed by atoms with E-state index in [1.165, 1.54) is 22.3 Å². The molecule has 1 fully saturated rings. The molecule has 176 valence electrons. The fourth-order valence-electron chi connectivity index (χ4n) is 5.03. The molecule has 0 atom stereocenters. The summed E-state index contributed by atoms with van der Waals surface area (Å²) in [4.78, 5) is 4.76. The van der Waals surface area contributed by atoms with Gasteiger partial charge in [0.15, 0.2) is 0 Å². The first kappa shape index (κ1) is 23.5. The lowest BCUT2D eigenvalue weighted by atomic mass is 9.75. The smallest absolute Gasteiger partial charge is 0.399 e. The number of nitrogens with zero attached hydrogens (tertiary/aromatic N) is 1. The van der Waals surface area contributed by atoms with Gasteiger partial charge in [0.2, 0.25) is 0 Å². The molecule has 0 saturated carbocycles. The van der Waals surface area contributed by atoms with Gasteiger partial charge in [0.05, 0.1) is 16.9 Å². The Bertz CT molecular complexity index is 1340. The quantitative estimate of drug-likeness (QED) is 0.367. The molecule has 1 aliphatic heterocycles. The maximum atomic E-state index is 12.8. The molecule has 1 aromatic heterocycles. The monoisotopic (exact) mass is 473 g/mol. The van der Waals surface area contributed by atoms with E-state index in [0.717, 1.165) is 22.0 Å². The summed E-state index contributed by atoms with van der Waals surface area (Å²) in [6.45, 7) is 16.4. The van der Waals surface area contributed by atoms with Crippen LogP contribution in [-0.2, 0) is 19.3 Å². The van der Waals surface area contributed by atoms with Crippen LogP contribution in [0, 0.1) is 0 Å². The van der Waals surface area contributed by atoms with Crippen molar-refractivity contribution >= 4 is 25.0 Å². The molecular formula is C28H33BNO3P. The van der Waals surface area contributed by atoms with E-state index in [-0.39, 0.29) is 5.41 Å². The van der Waals surface area contributed by atoms with Gasteiger partial charge < -0.3 is 13.9 Å². The molecule has 34 heavy (non-hydrogen) atoms. The normalized spacial score (nSPS) is 19.7. The molecular weight excluding hydrogens is 440 g/mol.